The minimum Gasteiger partial charge on any atom is -0.454 e. The second kappa shape index (κ2) is 12.0. The van der Waals surface area contributed by atoms with Crippen LogP contribution in [0.3, 0.4) is 0 Å². The van der Waals surface area contributed by atoms with Gasteiger partial charge in [0.25, 0.3) is 0 Å². The first-order valence-electron chi connectivity index (χ1n) is 19.4. The summed E-state index contributed by atoms with van der Waals surface area (Å²) in [5.41, 5.74) is 19.9. The zero-order chi connectivity index (χ0) is 36.2. The Balaban J connectivity index is 1.28. The highest BCUT2D eigenvalue weighted by Gasteiger charge is 2.57. The summed E-state index contributed by atoms with van der Waals surface area (Å²) in [5.74, 6) is 2.64. The molecule has 8 aliphatic rings. The number of hydrogen-bond donors (Lipinski definition) is 3. The molecule has 6 nitrogen and oxygen atoms in total. The molecule has 9 heteroatoms. The number of anilines is 3. The molecule has 8 aliphatic carbocycles. The lowest BCUT2D eigenvalue weighted by atomic mass is 9.46. The van der Waals surface area contributed by atoms with E-state index in [4.69, 9.17) is 31.4 Å². The Labute approximate surface area is 308 Å². The van der Waals surface area contributed by atoms with E-state index in [0.29, 0.717) is 46.9 Å². The van der Waals surface area contributed by atoms with Gasteiger partial charge in [0.2, 0.25) is 0 Å². The first-order valence-corrected chi connectivity index (χ1v) is 19.4. The number of ether oxygens (including phenoxy) is 3. The van der Waals surface area contributed by atoms with Crippen molar-refractivity contribution in [2.75, 3.05) is 17.2 Å². The minimum absolute atomic E-state index is 0.0204. The molecule has 0 unspecified atom stereocenters. The Bertz CT molecular complexity index is 2060. The maximum atomic E-state index is 15.9. The van der Waals surface area contributed by atoms with Gasteiger partial charge in [-0.3, -0.25) is 0 Å². The van der Waals surface area contributed by atoms with Gasteiger partial charge in [0, 0.05) is 51.8 Å². The van der Waals surface area contributed by atoms with Crippen LogP contribution in [-0.2, 0) is 10.8 Å². The van der Waals surface area contributed by atoms with Crippen molar-refractivity contribution in [2.45, 2.75) is 87.9 Å². The van der Waals surface area contributed by atoms with Crippen LogP contribution >= 0.6 is 0 Å². The number of nitrogen functional groups attached to an aromatic ring is 3. The van der Waals surface area contributed by atoms with Gasteiger partial charge in [-0.15, -0.1) is 0 Å². The number of benzene rings is 4. The lowest BCUT2D eigenvalue weighted by Crippen LogP contribution is -2.50. The van der Waals surface area contributed by atoms with Crippen LogP contribution in [0, 0.1) is 53.0 Å². The molecule has 0 amide bonds. The summed E-state index contributed by atoms with van der Waals surface area (Å²) in [6.45, 7) is 0. The molecule has 8 bridgehead atoms. The smallest absolute Gasteiger partial charge is 0.177 e. The van der Waals surface area contributed by atoms with E-state index in [0.717, 1.165) is 49.7 Å². The summed E-state index contributed by atoms with van der Waals surface area (Å²) in [6, 6.07) is 15.1. The van der Waals surface area contributed by atoms with E-state index >= 15 is 13.2 Å². The molecule has 12 rings (SSSR count). The Morgan fingerprint density at radius 2 is 0.792 bits per heavy atom. The zero-order valence-electron chi connectivity index (χ0n) is 29.8. The van der Waals surface area contributed by atoms with Crippen molar-refractivity contribution in [3.05, 3.63) is 89.2 Å². The molecule has 0 radical (unpaired) electrons. The molecule has 0 aromatic heterocycles. The SMILES string of the molecule is Nc1ccc(Oc2cc(C34CC5CC(CC(C5)C3)C4)c(Oc3ccc(N)cc3F)c(C34CC5CC(CC(C5)C3)C4)c2Oc2ccc(N)cc2F)c(F)c1. The van der Waals surface area contributed by atoms with Gasteiger partial charge in [-0.25, -0.2) is 13.2 Å². The van der Waals surface area contributed by atoms with Gasteiger partial charge < -0.3 is 31.4 Å². The Morgan fingerprint density at radius 1 is 0.434 bits per heavy atom. The van der Waals surface area contributed by atoms with Crippen molar-refractivity contribution >= 4 is 17.1 Å². The molecule has 4 aromatic rings. The Kier molecular flexibility index (Phi) is 7.48. The molecule has 6 N–H and O–H groups in total. The number of nitrogens with two attached hydrogens (primary N) is 3. The summed E-state index contributed by atoms with van der Waals surface area (Å²) in [6.07, 6.45) is 12.9. The fraction of sp³-hybridized carbons (Fsp3) is 0.455. The summed E-state index contributed by atoms with van der Waals surface area (Å²) in [5, 5.41) is 0. The molecular weight excluding hydrogens is 675 g/mol. The van der Waals surface area contributed by atoms with Crippen LogP contribution in [0.5, 0.6) is 34.5 Å². The third-order valence-corrected chi connectivity index (χ3v) is 13.9. The van der Waals surface area contributed by atoms with Gasteiger partial charge >= 0.3 is 0 Å². The molecule has 8 saturated carbocycles. The van der Waals surface area contributed by atoms with E-state index in [1.54, 1.807) is 24.3 Å². The molecular formula is C44H46F3N3O3. The van der Waals surface area contributed by atoms with Crippen LogP contribution in [0.2, 0.25) is 0 Å². The minimum atomic E-state index is -0.636. The molecule has 0 spiro atoms. The van der Waals surface area contributed by atoms with Crippen molar-refractivity contribution in [1.82, 2.24) is 0 Å². The average molecular weight is 722 g/mol. The van der Waals surface area contributed by atoms with Crippen LogP contribution < -0.4 is 31.4 Å². The van der Waals surface area contributed by atoms with E-state index in [1.807, 2.05) is 6.07 Å². The van der Waals surface area contributed by atoms with Gasteiger partial charge in [0.15, 0.2) is 46.2 Å². The maximum Gasteiger partial charge on any atom is 0.177 e. The second-order valence-corrected chi connectivity index (χ2v) is 17.7. The Hall–Kier alpha value is -4.53. The van der Waals surface area contributed by atoms with E-state index < -0.39 is 22.9 Å². The molecule has 0 atom stereocenters. The Morgan fingerprint density at radius 3 is 1.19 bits per heavy atom. The number of hydrogen-bond acceptors (Lipinski definition) is 6. The van der Waals surface area contributed by atoms with Gasteiger partial charge in [-0.1, -0.05) is 0 Å². The predicted molar refractivity (Wildman–Crippen MR) is 199 cm³/mol. The molecule has 4 aromatic carbocycles. The highest BCUT2D eigenvalue weighted by Crippen LogP contribution is 2.69. The maximum absolute atomic E-state index is 15.9. The number of rotatable bonds is 8. The lowest BCUT2D eigenvalue weighted by molar-refractivity contribution is -0.0107. The average Bonchev–Trinajstić information content (AvgIpc) is 3.08. The molecule has 8 fully saturated rings. The van der Waals surface area contributed by atoms with Crippen LogP contribution in [0.4, 0.5) is 30.2 Å². The first-order chi connectivity index (χ1) is 25.5. The highest BCUT2D eigenvalue weighted by atomic mass is 19.1. The largest absolute Gasteiger partial charge is 0.454 e. The predicted octanol–water partition coefficient (Wildman–Crippen LogP) is 11.2. The van der Waals surface area contributed by atoms with E-state index in [1.165, 1.54) is 68.9 Å². The quantitative estimate of drug-likeness (QED) is 0.156. The van der Waals surface area contributed by atoms with Crippen LogP contribution in [0.25, 0.3) is 0 Å². The van der Waals surface area contributed by atoms with Crippen molar-refractivity contribution in [1.29, 1.82) is 0 Å². The number of halogens is 3. The van der Waals surface area contributed by atoms with Crippen LogP contribution in [-0.4, -0.2) is 0 Å². The summed E-state index contributed by atoms with van der Waals surface area (Å²) >= 11 is 0. The van der Waals surface area contributed by atoms with Crippen LogP contribution in [0.1, 0.15) is 88.2 Å². The van der Waals surface area contributed by atoms with Crippen molar-refractivity contribution in [3.63, 3.8) is 0 Å². The van der Waals surface area contributed by atoms with Crippen LogP contribution in [0.15, 0.2) is 60.7 Å². The third kappa shape index (κ3) is 5.59. The summed E-state index contributed by atoms with van der Waals surface area (Å²) in [7, 11) is 0. The fourth-order valence-electron chi connectivity index (χ4n) is 12.8. The molecule has 0 heterocycles. The molecule has 276 valence electrons. The molecule has 0 aliphatic heterocycles. The third-order valence-electron chi connectivity index (χ3n) is 13.9. The first kappa shape index (κ1) is 33.1. The normalized spacial score (nSPS) is 31.9. The van der Waals surface area contributed by atoms with Crippen molar-refractivity contribution in [2.24, 2.45) is 35.5 Å². The van der Waals surface area contributed by atoms with Gasteiger partial charge in [-0.2, -0.15) is 0 Å². The van der Waals surface area contributed by atoms with E-state index in [-0.39, 0.29) is 45.5 Å². The van der Waals surface area contributed by atoms with E-state index in [9.17, 15) is 0 Å². The van der Waals surface area contributed by atoms with Gasteiger partial charge in [-0.05, 0) is 160 Å². The molecule has 53 heavy (non-hydrogen) atoms. The topological polar surface area (TPSA) is 106 Å². The van der Waals surface area contributed by atoms with Crippen molar-refractivity contribution < 1.29 is 27.4 Å². The monoisotopic (exact) mass is 721 g/mol. The van der Waals surface area contributed by atoms with Gasteiger partial charge in [0.05, 0.1) is 0 Å². The summed E-state index contributed by atoms with van der Waals surface area (Å²) < 4.78 is 67.8. The van der Waals surface area contributed by atoms with Gasteiger partial charge in [0.1, 0.15) is 5.75 Å². The van der Waals surface area contributed by atoms with Crippen molar-refractivity contribution in [3.8, 4) is 34.5 Å². The summed E-state index contributed by atoms with van der Waals surface area (Å²) in [4.78, 5) is 0. The highest BCUT2D eigenvalue weighted by molar-refractivity contribution is 5.67. The lowest BCUT2D eigenvalue weighted by Gasteiger charge is -2.59. The fourth-order valence-corrected chi connectivity index (χ4v) is 12.8. The zero-order valence-corrected chi connectivity index (χ0v) is 29.8. The second-order valence-electron chi connectivity index (χ2n) is 17.7. The van der Waals surface area contributed by atoms with E-state index in [2.05, 4.69) is 0 Å². The standard InChI is InChI=1S/C44H46F3N3O3/c45-33-13-29(48)1-4-36(33)51-39-16-32(43-17-23-7-24(18-43)9-25(8-23)19-43)41(52-37-5-2-30(49)14-34(37)46)40(42(39)53-38-6-3-31(50)15-35(38)47)44-20-26-10-27(21-44)12-28(11-26)22-44/h1-6,13-16,23-28H,7-12,17-22,48-50H2. The molecule has 0 saturated heterocycles.